The molecule has 190 valence electrons. The van der Waals surface area contributed by atoms with Gasteiger partial charge in [-0.25, -0.2) is 0 Å². The molecular formula is C31H44N2O2. The van der Waals surface area contributed by atoms with E-state index in [9.17, 15) is 9.90 Å². The molecule has 2 heterocycles. The maximum atomic E-state index is 12.1. The van der Waals surface area contributed by atoms with Crippen molar-refractivity contribution in [3.05, 3.63) is 71.8 Å². The lowest BCUT2D eigenvalue weighted by atomic mass is 9.87. The zero-order valence-corrected chi connectivity index (χ0v) is 21.7. The molecule has 2 aliphatic rings. The number of carbonyl (C=O) groups is 1. The van der Waals surface area contributed by atoms with Crippen LogP contribution in [0.1, 0.15) is 63.0 Å². The van der Waals surface area contributed by atoms with E-state index in [1.807, 2.05) is 0 Å². The van der Waals surface area contributed by atoms with E-state index in [-0.39, 0.29) is 6.04 Å². The van der Waals surface area contributed by atoms with Crippen LogP contribution in [0.2, 0.25) is 0 Å². The number of likely N-dealkylation sites (tertiary alicyclic amines) is 2. The van der Waals surface area contributed by atoms with Gasteiger partial charge in [-0.2, -0.15) is 0 Å². The Balaban J connectivity index is 1.32. The average Bonchev–Trinajstić information content (AvgIpc) is 3.28. The molecule has 0 aliphatic carbocycles. The normalized spacial score (nSPS) is 23.1. The van der Waals surface area contributed by atoms with E-state index < -0.39 is 5.97 Å². The number of carboxylic acids is 1. The lowest BCUT2D eigenvalue weighted by molar-refractivity contribution is -0.143. The summed E-state index contributed by atoms with van der Waals surface area (Å²) in [5.41, 5.74) is 2.82. The number of aryl methyl sites for hydroxylation is 1. The van der Waals surface area contributed by atoms with Crippen molar-refractivity contribution in [1.29, 1.82) is 0 Å². The molecule has 0 bridgehead atoms. The molecule has 0 aromatic heterocycles. The molecular weight excluding hydrogens is 432 g/mol. The third-order valence-corrected chi connectivity index (χ3v) is 8.24. The first-order valence-electron chi connectivity index (χ1n) is 13.8. The fourth-order valence-electron chi connectivity index (χ4n) is 6.30. The second-order valence-electron chi connectivity index (χ2n) is 11.3. The zero-order valence-electron chi connectivity index (χ0n) is 21.7. The van der Waals surface area contributed by atoms with Crippen LogP contribution in [0.25, 0.3) is 0 Å². The number of hydrogen-bond donors (Lipinski definition) is 1. The van der Waals surface area contributed by atoms with E-state index in [0.29, 0.717) is 17.8 Å². The number of rotatable bonds is 11. The minimum Gasteiger partial charge on any atom is -0.480 e. The molecule has 35 heavy (non-hydrogen) atoms. The number of hydrogen-bond acceptors (Lipinski definition) is 3. The van der Waals surface area contributed by atoms with Gasteiger partial charge in [0.05, 0.1) is 0 Å². The number of nitrogens with zero attached hydrogens (tertiary/aromatic N) is 2. The summed E-state index contributed by atoms with van der Waals surface area (Å²) in [6.45, 7) is 9.45. The van der Waals surface area contributed by atoms with Crippen LogP contribution in [0.15, 0.2) is 60.7 Å². The van der Waals surface area contributed by atoms with E-state index in [1.165, 1.54) is 56.3 Å². The van der Waals surface area contributed by atoms with Crippen molar-refractivity contribution >= 4 is 5.97 Å². The van der Waals surface area contributed by atoms with Crippen LogP contribution in [-0.4, -0.2) is 59.6 Å². The van der Waals surface area contributed by atoms with Crippen molar-refractivity contribution in [2.45, 2.75) is 64.3 Å². The van der Waals surface area contributed by atoms with Gasteiger partial charge in [0, 0.05) is 25.6 Å². The van der Waals surface area contributed by atoms with Gasteiger partial charge in [-0.1, -0.05) is 80.9 Å². The molecule has 0 amide bonds. The molecule has 2 aliphatic heterocycles. The highest BCUT2D eigenvalue weighted by molar-refractivity contribution is 5.73. The Labute approximate surface area is 212 Å². The highest BCUT2D eigenvalue weighted by Crippen LogP contribution is 2.36. The second-order valence-corrected chi connectivity index (χ2v) is 11.3. The summed E-state index contributed by atoms with van der Waals surface area (Å²) in [4.78, 5) is 17.1. The maximum Gasteiger partial charge on any atom is 0.320 e. The molecule has 0 spiro atoms. The molecule has 3 unspecified atom stereocenters. The third kappa shape index (κ3) is 7.41. The lowest BCUT2D eigenvalue weighted by Crippen LogP contribution is -2.42. The van der Waals surface area contributed by atoms with Crippen molar-refractivity contribution in [3.8, 4) is 0 Å². The van der Waals surface area contributed by atoms with E-state index in [1.54, 1.807) is 0 Å². The average molecular weight is 477 g/mol. The molecule has 3 atom stereocenters. The van der Waals surface area contributed by atoms with E-state index in [2.05, 4.69) is 84.3 Å². The summed E-state index contributed by atoms with van der Waals surface area (Å²) in [7, 11) is 0. The van der Waals surface area contributed by atoms with Crippen molar-refractivity contribution in [2.75, 3.05) is 32.7 Å². The van der Waals surface area contributed by atoms with Crippen LogP contribution in [0, 0.1) is 17.8 Å². The van der Waals surface area contributed by atoms with Crippen LogP contribution < -0.4 is 0 Å². The third-order valence-electron chi connectivity index (χ3n) is 8.24. The Bertz CT molecular complexity index is 893. The monoisotopic (exact) mass is 476 g/mol. The summed E-state index contributed by atoms with van der Waals surface area (Å²) in [6, 6.07) is 21.3. The van der Waals surface area contributed by atoms with Gasteiger partial charge in [-0.05, 0) is 74.1 Å². The summed E-state index contributed by atoms with van der Waals surface area (Å²) in [6.07, 6.45) is 7.13. The van der Waals surface area contributed by atoms with Crippen LogP contribution in [-0.2, 0) is 11.2 Å². The standard InChI is InChI=1S/C31H44N2O2/c1-24(2)20-30(31(34)35)33-22-28(29(23-33)27-14-7-4-8-15-27)21-32-18-16-26(17-19-32)13-9-12-25-10-5-3-6-11-25/h3-8,10-11,14-15,24,26,28-30H,9,12-13,16-23H2,1-2H3,(H,34,35). The van der Waals surface area contributed by atoms with Gasteiger partial charge >= 0.3 is 5.97 Å². The van der Waals surface area contributed by atoms with Crippen molar-refractivity contribution in [2.24, 2.45) is 17.8 Å². The largest absolute Gasteiger partial charge is 0.480 e. The van der Waals surface area contributed by atoms with Gasteiger partial charge in [0.15, 0.2) is 0 Å². The fraction of sp³-hybridized carbons (Fsp3) is 0.581. The number of aliphatic carboxylic acids is 1. The Kier molecular flexibility index (Phi) is 9.39. The van der Waals surface area contributed by atoms with Crippen LogP contribution in [0.3, 0.4) is 0 Å². The molecule has 2 fully saturated rings. The topological polar surface area (TPSA) is 43.8 Å². The van der Waals surface area contributed by atoms with Gasteiger partial charge in [-0.3, -0.25) is 9.69 Å². The van der Waals surface area contributed by atoms with Gasteiger partial charge in [0.2, 0.25) is 0 Å². The summed E-state index contributed by atoms with van der Waals surface area (Å²) in [5, 5.41) is 9.97. The summed E-state index contributed by atoms with van der Waals surface area (Å²) in [5.74, 6) is 1.46. The number of benzene rings is 2. The first-order chi connectivity index (χ1) is 17.0. The highest BCUT2D eigenvalue weighted by Gasteiger charge is 2.40. The molecule has 4 heteroatoms. The van der Waals surface area contributed by atoms with Crippen LogP contribution in [0.5, 0.6) is 0 Å². The smallest absolute Gasteiger partial charge is 0.320 e. The number of carboxylic acid groups (broad SMARTS) is 1. The lowest BCUT2D eigenvalue weighted by Gasteiger charge is -2.35. The summed E-state index contributed by atoms with van der Waals surface area (Å²) >= 11 is 0. The molecule has 2 aromatic carbocycles. The molecule has 0 saturated carbocycles. The summed E-state index contributed by atoms with van der Waals surface area (Å²) < 4.78 is 0. The van der Waals surface area contributed by atoms with Crippen molar-refractivity contribution in [3.63, 3.8) is 0 Å². The Hall–Kier alpha value is -2.17. The van der Waals surface area contributed by atoms with Crippen LogP contribution >= 0.6 is 0 Å². The Morgan fingerprint density at radius 3 is 2.26 bits per heavy atom. The Morgan fingerprint density at radius 2 is 1.63 bits per heavy atom. The minimum absolute atomic E-state index is 0.374. The van der Waals surface area contributed by atoms with Gasteiger partial charge in [0.25, 0.3) is 0 Å². The first kappa shape index (κ1) is 25.9. The van der Waals surface area contributed by atoms with Crippen LogP contribution in [0.4, 0.5) is 0 Å². The van der Waals surface area contributed by atoms with Crippen molar-refractivity contribution < 1.29 is 9.90 Å². The minimum atomic E-state index is -0.664. The maximum absolute atomic E-state index is 12.1. The second kappa shape index (κ2) is 12.7. The SMILES string of the molecule is CC(C)CC(C(=O)O)N1CC(CN2CCC(CCCc3ccccc3)CC2)C(c2ccccc2)C1. The highest BCUT2D eigenvalue weighted by atomic mass is 16.4. The zero-order chi connectivity index (χ0) is 24.6. The fourth-order valence-corrected chi connectivity index (χ4v) is 6.30. The van der Waals surface area contributed by atoms with E-state index >= 15 is 0 Å². The predicted molar refractivity (Wildman–Crippen MR) is 144 cm³/mol. The van der Waals surface area contributed by atoms with Gasteiger partial charge in [-0.15, -0.1) is 0 Å². The Morgan fingerprint density at radius 1 is 0.971 bits per heavy atom. The van der Waals surface area contributed by atoms with Gasteiger partial charge in [0.1, 0.15) is 6.04 Å². The molecule has 1 N–H and O–H groups in total. The van der Waals surface area contributed by atoms with Gasteiger partial charge < -0.3 is 10.0 Å². The molecule has 4 nitrogen and oxygen atoms in total. The molecule has 2 aromatic rings. The number of piperidine rings is 1. The van der Waals surface area contributed by atoms with Crippen molar-refractivity contribution in [1.82, 2.24) is 9.80 Å². The molecule has 4 rings (SSSR count). The van der Waals surface area contributed by atoms with E-state index in [0.717, 1.165) is 32.0 Å². The quantitative estimate of drug-likeness (QED) is 0.436. The predicted octanol–water partition coefficient (Wildman–Crippen LogP) is 5.94. The molecule has 2 saturated heterocycles. The first-order valence-corrected chi connectivity index (χ1v) is 13.8. The molecule has 0 radical (unpaired) electrons. The van der Waals surface area contributed by atoms with E-state index in [4.69, 9.17) is 0 Å².